The van der Waals surface area contributed by atoms with Crippen molar-refractivity contribution in [3.63, 3.8) is 0 Å². The number of likely N-dealkylation sites (tertiary alicyclic amines) is 2. The third-order valence-electron chi connectivity index (χ3n) is 4.80. The Balaban J connectivity index is 1.87. The molecule has 3 atom stereocenters. The molecule has 2 saturated heterocycles. The minimum atomic E-state index is -0.171. The predicted molar refractivity (Wildman–Crippen MR) is 77.6 cm³/mol. The Morgan fingerprint density at radius 1 is 1.26 bits per heavy atom. The fourth-order valence-corrected chi connectivity index (χ4v) is 3.56. The Hall–Kier alpha value is -0.610. The zero-order valence-electron chi connectivity index (χ0n) is 12.3. The highest BCUT2D eigenvalue weighted by atomic mass is 16.1. The average molecular weight is 266 g/mol. The van der Waals surface area contributed by atoms with Crippen molar-refractivity contribution in [2.45, 2.75) is 64.1 Å². The van der Waals surface area contributed by atoms with Crippen LogP contribution in [0.3, 0.4) is 0 Å². The molecule has 2 aliphatic heterocycles. The van der Waals surface area contributed by atoms with Gasteiger partial charge in [0.25, 0.3) is 0 Å². The second-order valence-corrected chi connectivity index (χ2v) is 6.13. The molecule has 0 aliphatic carbocycles. The molecule has 0 saturated carbocycles. The Morgan fingerprint density at radius 3 is 2.58 bits per heavy atom. The Kier molecular flexibility index (Phi) is 5.22. The summed E-state index contributed by atoms with van der Waals surface area (Å²) in [5.41, 5.74) is 5.51. The van der Waals surface area contributed by atoms with Crippen molar-refractivity contribution in [1.82, 2.24) is 9.80 Å². The lowest BCUT2D eigenvalue weighted by atomic mass is 9.97. The van der Waals surface area contributed by atoms with E-state index < -0.39 is 0 Å². The molecule has 0 bridgehead atoms. The van der Waals surface area contributed by atoms with Crippen LogP contribution < -0.4 is 5.73 Å². The molecule has 19 heavy (non-hydrogen) atoms. The van der Waals surface area contributed by atoms with Gasteiger partial charge in [0.2, 0.25) is 5.91 Å². The van der Waals surface area contributed by atoms with Gasteiger partial charge in [0.1, 0.15) is 0 Å². The van der Waals surface area contributed by atoms with Crippen LogP contribution in [-0.4, -0.2) is 53.5 Å². The predicted octanol–water partition coefficient (Wildman–Crippen LogP) is 1.40. The molecular formula is C15H28N3O. The summed E-state index contributed by atoms with van der Waals surface area (Å²) in [5.74, 6) is -0.171. The fourth-order valence-electron chi connectivity index (χ4n) is 3.56. The van der Waals surface area contributed by atoms with Crippen LogP contribution in [0.1, 0.15) is 46.0 Å². The molecule has 2 fully saturated rings. The van der Waals surface area contributed by atoms with Gasteiger partial charge >= 0.3 is 0 Å². The van der Waals surface area contributed by atoms with E-state index in [-0.39, 0.29) is 11.9 Å². The number of nitrogens with two attached hydrogens (primary N) is 1. The Morgan fingerprint density at radius 2 is 1.95 bits per heavy atom. The van der Waals surface area contributed by atoms with Crippen LogP contribution in [0.4, 0.5) is 0 Å². The molecular weight excluding hydrogens is 238 g/mol. The van der Waals surface area contributed by atoms with Crippen LogP contribution in [0.2, 0.25) is 0 Å². The van der Waals surface area contributed by atoms with Gasteiger partial charge in [-0.3, -0.25) is 14.6 Å². The van der Waals surface area contributed by atoms with Gasteiger partial charge in [-0.15, -0.1) is 0 Å². The second kappa shape index (κ2) is 6.71. The van der Waals surface area contributed by atoms with E-state index in [1.54, 1.807) is 0 Å². The quantitative estimate of drug-likeness (QED) is 0.837. The van der Waals surface area contributed by atoms with Gasteiger partial charge in [0.15, 0.2) is 0 Å². The van der Waals surface area contributed by atoms with E-state index in [1.165, 1.54) is 19.3 Å². The largest absolute Gasteiger partial charge is 0.368 e. The molecule has 2 rings (SSSR count). The summed E-state index contributed by atoms with van der Waals surface area (Å²) in [6, 6.07) is 1.27. The normalized spacial score (nSPS) is 34.3. The SMILES string of the molecule is CC1CCCC(C)N1CCN1CC[CH]CC1C(N)=O. The van der Waals surface area contributed by atoms with Gasteiger partial charge in [-0.05, 0) is 52.5 Å². The van der Waals surface area contributed by atoms with Crippen molar-refractivity contribution < 1.29 is 4.79 Å². The smallest absolute Gasteiger partial charge is 0.234 e. The molecule has 2 heterocycles. The lowest BCUT2D eigenvalue weighted by Gasteiger charge is -2.41. The molecule has 2 aliphatic rings. The van der Waals surface area contributed by atoms with Gasteiger partial charge in [0, 0.05) is 25.2 Å². The summed E-state index contributed by atoms with van der Waals surface area (Å²) >= 11 is 0. The first-order valence-corrected chi connectivity index (χ1v) is 7.70. The molecule has 2 N–H and O–H groups in total. The summed E-state index contributed by atoms with van der Waals surface area (Å²) in [6.45, 7) is 7.66. The third kappa shape index (κ3) is 3.69. The zero-order chi connectivity index (χ0) is 13.8. The van der Waals surface area contributed by atoms with E-state index in [1.807, 2.05) is 0 Å². The maximum atomic E-state index is 11.5. The molecule has 0 aromatic rings. The fraction of sp³-hybridized carbons (Fsp3) is 0.867. The third-order valence-corrected chi connectivity index (χ3v) is 4.80. The number of hydrogen-bond donors (Lipinski definition) is 1. The van der Waals surface area contributed by atoms with Crippen LogP contribution >= 0.6 is 0 Å². The number of piperidine rings is 2. The maximum absolute atomic E-state index is 11.5. The van der Waals surface area contributed by atoms with Gasteiger partial charge in [-0.1, -0.05) is 6.42 Å². The maximum Gasteiger partial charge on any atom is 0.234 e. The van der Waals surface area contributed by atoms with Crippen molar-refractivity contribution in [1.29, 1.82) is 0 Å². The number of carbonyl (C=O) groups is 1. The topological polar surface area (TPSA) is 49.6 Å². The van der Waals surface area contributed by atoms with Crippen molar-refractivity contribution in [3.8, 4) is 0 Å². The van der Waals surface area contributed by atoms with Gasteiger partial charge in [-0.25, -0.2) is 0 Å². The molecule has 0 spiro atoms. The Labute approximate surface area is 117 Å². The zero-order valence-corrected chi connectivity index (χ0v) is 12.3. The highest BCUT2D eigenvalue weighted by molar-refractivity contribution is 5.80. The molecule has 4 nitrogen and oxygen atoms in total. The highest BCUT2D eigenvalue weighted by Crippen LogP contribution is 2.23. The molecule has 0 aromatic carbocycles. The van der Waals surface area contributed by atoms with Crippen LogP contribution in [0.25, 0.3) is 0 Å². The van der Waals surface area contributed by atoms with E-state index in [0.29, 0.717) is 12.1 Å². The number of carbonyl (C=O) groups excluding carboxylic acids is 1. The monoisotopic (exact) mass is 266 g/mol. The second-order valence-electron chi connectivity index (χ2n) is 6.13. The average Bonchev–Trinajstić information content (AvgIpc) is 2.38. The summed E-state index contributed by atoms with van der Waals surface area (Å²) in [6.07, 6.45) is 8.05. The lowest BCUT2D eigenvalue weighted by Crippen LogP contribution is -2.52. The van der Waals surface area contributed by atoms with E-state index in [0.717, 1.165) is 32.5 Å². The molecule has 1 amide bonds. The first-order chi connectivity index (χ1) is 9.09. The number of rotatable bonds is 4. The van der Waals surface area contributed by atoms with Crippen LogP contribution in [0.5, 0.6) is 0 Å². The van der Waals surface area contributed by atoms with E-state index in [2.05, 4.69) is 30.1 Å². The van der Waals surface area contributed by atoms with E-state index >= 15 is 0 Å². The minimum Gasteiger partial charge on any atom is -0.368 e. The number of amides is 1. The number of nitrogens with zero attached hydrogens (tertiary/aromatic N) is 2. The first kappa shape index (κ1) is 14.8. The van der Waals surface area contributed by atoms with Crippen LogP contribution in [0, 0.1) is 6.42 Å². The van der Waals surface area contributed by atoms with Crippen LogP contribution in [0.15, 0.2) is 0 Å². The summed E-state index contributed by atoms with van der Waals surface area (Å²) < 4.78 is 0. The summed E-state index contributed by atoms with van der Waals surface area (Å²) in [5, 5.41) is 0. The molecule has 0 aromatic heterocycles. The Bertz CT molecular complexity index is 298. The van der Waals surface area contributed by atoms with Crippen molar-refractivity contribution in [3.05, 3.63) is 6.42 Å². The van der Waals surface area contributed by atoms with E-state index in [4.69, 9.17) is 5.73 Å². The van der Waals surface area contributed by atoms with E-state index in [9.17, 15) is 4.79 Å². The number of primary amides is 1. The standard InChI is InChI=1S/C15H28N3O/c1-12-6-5-7-13(2)18(12)11-10-17-9-4-3-8-14(17)15(16)19/h3,12-14H,4-11H2,1-2H3,(H2,16,19). The van der Waals surface area contributed by atoms with Crippen molar-refractivity contribution >= 4 is 5.91 Å². The van der Waals surface area contributed by atoms with Crippen molar-refractivity contribution in [2.24, 2.45) is 5.73 Å². The molecule has 4 heteroatoms. The molecule has 3 unspecified atom stereocenters. The lowest BCUT2D eigenvalue weighted by molar-refractivity contribution is -0.124. The molecule has 109 valence electrons. The highest BCUT2D eigenvalue weighted by Gasteiger charge is 2.29. The van der Waals surface area contributed by atoms with Gasteiger partial charge in [-0.2, -0.15) is 0 Å². The van der Waals surface area contributed by atoms with Gasteiger partial charge < -0.3 is 5.73 Å². The first-order valence-electron chi connectivity index (χ1n) is 7.70. The van der Waals surface area contributed by atoms with Crippen molar-refractivity contribution in [2.75, 3.05) is 19.6 Å². The molecule has 1 radical (unpaired) electrons. The summed E-state index contributed by atoms with van der Waals surface area (Å²) in [7, 11) is 0. The van der Waals surface area contributed by atoms with Crippen LogP contribution in [-0.2, 0) is 4.79 Å². The van der Waals surface area contributed by atoms with Gasteiger partial charge in [0.05, 0.1) is 6.04 Å². The number of hydrogen-bond acceptors (Lipinski definition) is 3. The minimum absolute atomic E-state index is 0.0795. The summed E-state index contributed by atoms with van der Waals surface area (Å²) in [4.78, 5) is 16.4.